The minimum absolute atomic E-state index is 0.0216. The molecule has 6 heteroatoms. The Morgan fingerprint density at radius 2 is 1.85 bits per heavy atom. The lowest BCUT2D eigenvalue weighted by molar-refractivity contribution is 0.0832. The summed E-state index contributed by atoms with van der Waals surface area (Å²) in [5.41, 5.74) is 0.942. The second-order valence-corrected chi connectivity index (χ2v) is 6.67. The number of sulfonamides is 1. The van der Waals surface area contributed by atoms with Gasteiger partial charge < -0.3 is 10.1 Å². The molecule has 2 rings (SSSR count). The fraction of sp³-hybridized carbons (Fsp3) is 0.571. The van der Waals surface area contributed by atoms with Crippen molar-refractivity contribution in [1.82, 2.24) is 4.72 Å². The highest BCUT2D eigenvalue weighted by Gasteiger charge is 2.21. The van der Waals surface area contributed by atoms with Crippen LogP contribution in [0.15, 0.2) is 29.2 Å². The highest BCUT2D eigenvalue weighted by Crippen LogP contribution is 2.16. The first-order chi connectivity index (χ1) is 9.62. The third-order valence-electron chi connectivity index (χ3n) is 3.29. The number of hydrogen-bond donors (Lipinski definition) is 2. The molecular formula is C14H22N2O3S. The van der Waals surface area contributed by atoms with E-state index >= 15 is 0 Å². The first-order valence-corrected chi connectivity index (χ1v) is 8.54. The molecule has 0 bridgehead atoms. The lowest BCUT2D eigenvalue weighted by Crippen LogP contribution is -2.38. The molecule has 0 amide bonds. The Labute approximate surface area is 120 Å². The van der Waals surface area contributed by atoms with Gasteiger partial charge in [-0.3, -0.25) is 0 Å². The van der Waals surface area contributed by atoms with Crippen molar-refractivity contribution in [1.29, 1.82) is 0 Å². The van der Waals surface area contributed by atoms with Crippen LogP contribution in [0, 0.1) is 0 Å². The van der Waals surface area contributed by atoms with E-state index in [1.165, 1.54) is 0 Å². The van der Waals surface area contributed by atoms with Crippen LogP contribution < -0.4 is 10.0 Å². The Morgan fingerprint density at radius 3 is 2.45 bits per heavy atom. The molecule has 1 fully saturated rings. The van der Waals surface area contributed by atoms with E-state index in [4.69, 9.17) is 4.74 Å². The molecule has 1 saturated heterocycles. The van der Waals surface area contributed by atoms with Crippen molar-refractivity contribution in [3.63, 3.8) is 0 Å². The average molecular weight is 298 g/mol. The van der Waals surface area contributed by atoms with Gasteiger partial charge in [0.05, 0.1) is 4.90 Å². The Morgan fingerprint density at radius 1 is 1.20 bits per heavy atom. The van der Waals surface area contributed by atoms with Gasteiger partial charge in [-0.25, -0.2) is 13.1 Å². The van der Waals surface area contributed by atoms with Crippen molar-refractivity contribution in [2.75, 3.05) is 25.1 Å². The van der Waals surface area contributed by atoms with Crippen molar-refractivity contribution >= 4 is 15.7 Å². The summed E-state index contributed by atoms with van der Waals surface area (Å²) in [5.74, 6) is 0. The van der Waals surface area contributed by atoms with Gasteiger partial charge in [-0.15, -0.1) is 0 Å². The molecule has 0 atom stereocenters. The predicted molar refractivity (Wildman–Crippen MR) is 79.4 cm³/mol. The van der Waals surface area contributed by atoms with Gasteiger partial charge in [-0.2, -0.15) is 0 Å². The molecule has 20 heavy (non-hydrogen) atoms. The van der Waals surface area contributed by atoms with Gasteiger partial charge in [0.15, 0.2) is 0 Å². The number of nitrogens with one attached hydrogen (secondary N) is 2. The largest absolute Gasteiger partial charge is 0.385 e. The van der Waals surface area contributed by atoms with Crippen molar-refractivity contribution in [3.05, 3.63) is 24.3 Å². The molecule has 0 unspecified atom stereocenters. The van der Waals surface area contributed by atoms with E-state index in [-0.39, 0.29) is 6.04 Å². The van der Waals surface area contributed by atoms with Crippen LogP contribution in [-0.4, -0.2) is 34.2 Å². The third kappa shape index (κ3) is 4.19. The molecule has 5 nitrogen and oxygen atoms in total. The second-order valence-electron chi connectivity index (χ2n) is 4.96. The van der Waals surface area contributed by atoms with Crippen LogP contribution in [0.5, 0.6) is 0 Å². The molecule has 0 saturated carbocycles. The maximum absolute atomic E-state index is 12.3. The first-order valence-electron chi connectivity index (χ1n) is 7.06. The Bertz CT molecular complexity index is 508. The Hall–Kier alpha value is -1.11. The molecule has 112 valence electrons. The topological polar surface area (TPSA) is 67.4 Å². The van der Waals surface area contributed by atoms with Gasteiger partial charge in [-0.1, -0.05) is 6.92 Å². The summed E-state index contributed by atoms with van der Waals surface area (Å²) in [6.45, 7) is 4.20. The quantitative estimate of drug-likeness (QED) is 0.842. The normalized spacial score (nSPS) is 17.1. The SMILES string of the molecule is CCCNc1ccc(S(=O)(=O)NC2CCOCC2)cc1. The zero-order valence-corrected chi connectivity index (χ0v) is 12.6. The van der Waals surface area contributed by atoms with E-state index < -0.39 is 10.0 Å². The van der Waals surface area contributed by atoms with Crippen molar-refractivity contribution in [2.45, 2.75) is 37.1 Å². The lowest BCUT2D eigenvalue weighted by atomic mass is 10.1. The van der Waals surface area contributed by atoms with Crippen LogP contribution >= 0.6 is 0 Å². The van der Waals surface area contributed by atoms with Crippen LogP contribution in [0.2, 0.25) is 0 Å². The smallest absolute Gasteiger partial charge is 0.240 e. The Balaban J connectivity index is 2.01. The van der Waals surface area contributed by atoms with Crippen LogP contribution in [0.3, 0.4) is 0 Å². The molecule has 0 spiro atoms. The van der Waals surface area contributed by atoms with Crippen molar-refractivity contribution in [3.8, 4) is 0 Å². The van der Waals surface area contributed by atoms with Gasteiger partial charge in [0.2, 0.25) is 10.0 Å². The summed E-state index contributed by atoms with van der Waals surface area (Å²) >= 11 is 0. The molecule has 1 aliphatic heterocycles. The maximum atomic E-state index is 12.3. The fourth-order valence-corrected chi connectivity index (χ4v) is 3.43. The molecule has 1 aromatic rings. The minimum Gasteiger partial charge on any atom is -0.385 e. The third-order valence-corrected chi connectivity index (χ3v) is 4.82. The number of anilines is 1. The van der Waals surface area contributed by atoms with Crippen LogP contribution in [0.4, 0.5) is 5.69 Å². The molecular weight excluding hydrogens is 276 g/mol. The summed E-state index contributed by atoms with van der Waals surface area (Å²) < 4.78 is 32.5. The van der Waals surface area contributed by atoms with Crippen molar-refractivity contribution < 1.29 is 13.2 Å². The fourth-order valence-electron chi connectivity index (χ4n) is 2.12. The molecule has 1 aromatic carbocycles. The molecule has 2 N–H and O–H groups in total. The van der Waals surface area contributed by atoms with Crippen molar-refractivity contribution in [2.24, 2.45) is 0 Å². The van der Waals surface area contributed by atoms with Gasteiger partial charge >= 0.3 is 0 Å². The highest BCUT2D eigenvalue weighted by molar-refractivity contribution is 7.89. The monoisotopic (exact) mass is 298 g/mol. The standard InChI is InChI=1S/C14H22N2O3S/c1-2-9-15-12-3-5-14(6-4-12)20(17,18)16-13-7-10-19-11-8-13/h3-6,13,15-16H,2,7-11H2,1H3. The molecule has 1 heterocycles. The van der Waals surface area contributed by atoms with Gasteiger partial charge in [-0.05, 0) is 43.5 Å². The summed E-state index contributed by atoms with van der Waals surface area (Å²) in [6, 6.07) is 6.86. The van der Waals surface area contributed by atoms with Gasteiger partial charge in [0.25, 0.3) is 0 Å². The summed E-state index contributed by atoms with van der Waals surface area (Å²) in [7, 11) is -3.43. The number of rotatable bonds is 6. The van der Waals surface area contributed by atoms with E-state index in [9.17, 15) is 8.42 Å². The number of ether oxygens (including phenoxy) is 1. The lowest BCUT2D eigenvalue weighted by Gasteiger charge is -2.23. The van der Waals surface area contributed by atoms with E-state index in [0.717, 1.165) is 31.5 Å². The van der Waals surface area contributed by atoms with E-state index in [1.54, 1.807) is 24.3 Å². The van der Waals surface area contributed by atoms with Crippen LogP contribution in [0.25, 0.3) is 0 Å². The maximum Gasteiger partial charge on any atom is 0.240 e. The zero-order valence-electron chi connectivity index (χ0n) is 11.8. The predicted octanol–water partition coefficient (Wildman–Crippen LogP) is 1.97. The van der Waals surface area contributed by atoms with E-state index in [1.807, 2.05) is 0 Å². The number of benzene rings is 1. The van der Waals surface area contributed by atoms with Gasteiger partial charge in [0, 0.05) is 31.5 Å². The van der Waals surface area contributed by atoms with Crippen LogP contribution in [0.1, 0.15) is 26.2 Å². The van der Waals surface area contributed by atoms with Crippen LogP contribution in [-0.2, 0) is 14.8 Å². The summed E-state index contributed by atoms with van der Waals surface area (Å²) in [4.78, 5) is 0.311. The summed E-state index contributed by atoms with van der Waals surface area (Å²) in [5, 5.41) is 3.22. The summed E-state index contributed by atoms with van der Waals surface area (Å²) in [6.07, 6.45) is 2.50. The zero-order chi connectivity index (χ0) is 14.4. The van der Waals surface area contributed by atoms with E-state index in [2.05, 4.69) is 17.0 Å². The first kappa shape index (κ1) is 15.3. The Kier molecular flexibility index (Phi) is 5.39. The van der Waals surface area contributed by atoms with E-state index in [0.29, 0.717) is 18.1 Å². The van der Waals surface area contributed by atoms with Gasteiger partial charge in [0.1, 0.15) is 0 Å². The molecule has 1 aliphatic rings. The molecule has 0 aromatic heterocycles. The average Bonchev–Trinajstić information content (AvgIpc) is 2.46. The molecule has 0 radical (unpaired) electrons. The number of hydrogen-bond acceptors (Lipinski definition) is 4. The highest BCUT2D eigenvalue weighted by atomic mass is 32.2. The second kappa shape index (κ2) is 7.06. The minimum atomic E-state index is -3.43. The molecule has 0 aliphatic carbocycles.